The maximum absolute atomic E-state index is 13.7. The number of primary amides is 1. The summed E-state index contributed by atoms with van der Waals surface area (Å²) in [4.78, 5) is 11.2. The molecule has 3 N–H and O–H groups in total. The van der Waals surface area contributed by atoms with E-state index in [2.05, 4.69) is 27.9 Å². The number of amides is 1. The van der Waals surface area contributed by atoms with Gasteiger partial charge in [0.1, 0.15) is 0 Å². The maximum atomic E-state index is 13.7. The van der Waals surface area contributed by atoms with Gasteiger partial charge in [-0.1, -0.05) is 0 Å². The van der Waals surface area contributed by atoms with Crippen molar-refractivity contribution in [1.29, 1.82) is 0 Å². The van der Waals surface area contributed by atoms with Gasteiger partial charge in [-0.05, 0) is 59.0 Å². The zero-order valence-corrected chi connectivity index (χ0v) is 11.7. The van der Waals surface area contributed by atoms with Crippen LogP contribution in [0.1, 0.15) is 10.4 Å². The van der Waals surface area contributed by atoms with Crippen LogP contribution in [0.15, 0.2) is 36.4 Å². The third kappa shape index (κ3) is 3.01. The van der Waals surface area contributed by atoms with Crippen LogP contribution in [-0.2, 0) is 0 Å². The molecule has 0 saturated carbocycles. The summed E-state index contributed by atoms with van der Waals surface area (Å²) in [6.07, 6.45) is 0. The number of carbonyl (C=O) groups excluding carboxylic acids is 1. The van der Waals surface area contributed by atoms with Crippen LogP contribution >= 0.6 is 22.6 Å². The largest absolute Gasteiger partial charge is 0.366 e. The summed E-state index contributed by atoms with van der Waals surface area (Å²) in [6.45, 7) is 0. The Morgan fingerprint density at radius 3 is 2.32 bits per heavy atom. The fraction of sp³-hybridized carbons (Fsp3) is 0. The molecule has 0 aromatic heterocycles. The van der Waals surface area contributed by atoms with E-state index in [0.717, 1.165) is 15.7 Å². The Hall–Kier alpha value is -1.70. The van der Waals surface area contributed by atoms with Crippen molar-refractivity contribution in [2.24, 2.45) is 5.73 Å². The molecule has 0 spiro atoms. The van der Waals surface area contributed by atoms with Crippen molar-refractivity contribution in [3.05, 3.63) is 57.2 Å². The normalized spacial score (nSPS) is 10.3. The standard InChI is InChI=1S/C13H9F2IN2O/c14-10-6-5-9(13(17)19)12(11(10)15)18-8-3-1-7(16)2-4-8/h1-6,18H,(H2,17,19). The van der Waals surface area contributed by atoms with E-state index < -0.39 is 17.5 Å². The minimum Gasteiger partial charge on any atom is -0.366 e. The zero-order valence-electron chi connectivity index (χ0n) is 9.58. The van der Waals surface area contributed by atoms with Gasteiger partial charge in [0.25, 0.3) is 5.91 Å². The Kier molecular flexibility index (Phi) is 3.98. The summed E-state index contributed by atoms with van der Waals surface area (Å²) in [5.41, 5.74) is 5.32. The predicted molar refractivity (Wildman–Crippen MR) is 77.3 cm³/mol. The van der Waals surface area contributed by atoms with Crippen LogP contribution in [0.2, 0.25) is 0 Å². The molecule has 98 valence electrons. The molecular formula is C13H9F2IN2O. The molecule has 0 fully saturated rings. The molecule has 0 aliphatic heterocycles. The number of nitrogens with two attached hydrogens (primary N) is 1. The topological polar surface area (TPSA) is 55.1 Å². The van der Waals surface area contributed by atoms with Crippen LogP contribution in [0.3, 0.4) is 0 Å². The highest BCUT2D eigenvalue weighted by molar-refractivity contribution is 14.1. The lowest BCUT2D eigenvalue weighted by Gasteiger charge is -2.11. The van der Waals surface area contributed by atoms with E-state index in [0.29, 0.717) is 5.69 Å². The minimum atomic E-state index is -1.13. The molecular weight excluding hydrogens is 365 g/mol. The maximum Gasteiger partial charge on any atom is 0.250 e. The van der Waals surface area contributed by atoms with E-state index >= 15 is 0 Å². The highest BCUT2D eigenvalue weighted by atomic mass is 127. The summed E-state index contributed by atoms with van der Waals surface area (Å²) in [5, 5.41) is 2.67. The van der Waals surface area contributed by atoms with Crippen molar-refractivity contribution in [1.82, 2.24) is 0 Å². The lowest BCUT2D eigenvalue weighted by molar-refractivity contribution is 0.100. The Balaban J connectivity index is 2.46. The van der Waals surface area contributed by atoms with E-state index in [1.807, 2.05) is 0 Å². The smallest absolute Gasteiger partial charge is 0.250 e. The van der Waals surface area contributed by atoms with E-state index in [1.54, 1.807) is 24.3 Å². The van der Waals surface area contributed by atoms with Gasteiger partial charge in [0.15, 0.2) is 11.6 Å². The summed E-state index contributed by atoms with van der Waals surface area (Å²) < 4.78 is 28.0. The van der Waals surface area contributed by atoms with Gasteiger partial charge in [-0.15, -0.1) is 0 Å². The summed E-state index contributed by atoms with van der Waals surface area (Å²) in [7, 11) is 0. The second-order valence-electron chi connectivity index (χ2n) is 3.78. The van der Waals surface area contributed by atoms with Crippen molar-refractivity contribution >= 4 is 39.9 Å². The van der Waals surface area contributed by atoms with Gasteiger partial charge < -0.3 is 11.1 Å². The molecule has 1 amide bonds. The van der Waals surface area contributed by atoms with Crippen LogP contribution in [0.5, 0.6) is 0 Å². The highest BCUT2D eigenvalue weighted by Crippen LogP contribution is 2.26. The SMILES string of the molecule is NC(=O)c1ccc(F)c(F)c1Nc1ccc(I)cc1. The van der Waals surface area contributed by atoms with Gasteiger partial charge in [-0.3, -0.25) is 4.79 Å². The van der Waals surface area contributed by atoms with Gasteiger partial charge in [-0.2, -0.15) is 0 Å². The number of anilines is 2. The second-order valence-corrected chi connectivity index (χ2v) is 5.03. The van der Waals surface area contributed by atoms with Crippen molar-refractivity contribution in [2.45, 2.75) is 0 Å². The fourth-order valence-corrected chi connectivity index (χ4v) is 1.92. The average Bonchev–Trinajstić information content (AvgIpc) is 2.37. The average molecular weight is 374 g/mol. The van der Waals surface area contributed by atoms with E-state index in [1.165, 1.54) is 0 Å². The van der Waals surface area contributed by atoms with E-state index in [4.69, 9.17) is 5.73 Å². The van der Waals surface area contributed by atoms with E-state index in [-0.39, 0.29) is 11.3 Å². The number of hydrogen-bond acceptors (Lipinski definition) is 2. The molecule has 19 heavy (non-hydrogen) atoms. The molecule has 0 heterocycles. The van der Waals surface area contributed by atoms with Gasteiger partial charge >= 0.3 is 0 Å². The summed E-state index contributed by atoms with van der Waals surface area (Å²) in [6, 6.07) is 8.99. The molecule has 0 radical (unpaired) electrons. The minimum absolute atomic E-state index is 0.0996. The van der Waals surface area contributed by atoms with Gasteiger partial charge in [-0.25, -0.2) is 8.78 Å². The molecule has 6 heteroatoms. The van der Waals surface area contributed by atoms with Crippen molar-refractivity contribution in [2.75, 3.05) is 5.32 Å². The lowest BCUT2D eigenvalue weighted by atomic mass is 10.1. The first kappa shape index (κ1) is 13.7. The monoisotopic (exact) mass is 374 g/mol. The van der Waals surface area contributed by atoms with Crippen molar-refractivity contribution < 1.29 is 13.6 Å². The number of halogens is 3. The fourth-order valence-electron chi connectivity index (χ4n) is 1.56. The Labute approximate surface area is 121 Å². The molecule has 0 bridgehead atoms. The van der Waals surface area contributed by atoms with Crippen LogP contribution in [0, 0.1) is 15.2 Å². The number of hydrogen-bond donors (Lipinski definition) is 2. The summed E-state index contributed by atoms with van der Waals surface area (Å²) in [5.74, 6) is -3.00. The first-order chi connectivity index (χ1) is 8.99. The van der Waals surface area contributed by atoms with Crippen LogP contribution in [-0.4, -0.2) is 5.91 Å². The number of nitrogens with one attached hydrogen (secondary N) is 1. The third-order valence-corrected chi connectivity index (χ3v) is 3.19. The molecule has 3 nitrogen and oxygen atoms in total. The highest BCUT2D eigenvalue weighted by Gasteiger charge is 2.17. The lowest BCUT2D eigenvalue weighted by Crippen LogP contribution is -2.15. The first-order valence-corrected chi connectivity index (χ1v) is 6.37. The Morgan fingerprint density at radius 1 is 1.11 bits per heavy atom. The first-order valence-electron chi connectivity index (χ1n) is 5.29. The van der Waals surface area contributed by atoms with Crippen molar-refractivity contribution in [3.63, 3.8) is 0 Å². The van der Waals surface area contributed by atoms with Crippen LogP contribution in [0.4, 0.5) is 20.2 Å². The number of benzene rings is 2. The molecule has 0 aliphatic carbocycles. The van der Waals surface area contributed by atoms with Gasteiger partial charge in [0.2, 0.25) is 0 Å². The number of rotatable bonds is 3. The Morgan fingerprint density at radius 2 is 1.74 bits per heavy atom. The molecule has 2 aromatic carbocycles. The number of carbonyl (C=O) groups is 1. The quantitative estimate of drug-likeness (QED) is 0.810. The second kappa shape index (κ2) is 5.52. The molecule has 0 unspecified atom stereocenters. The van der Waals surface area contributed by atoms with Crippen molar-refractivity contribution in [3.8, 4) is 0 Å². The molecule has 0 atom stereocenters. The van der Waals surface area contributed by atoms with Crippen LogP contribution in [0.25, 0.3) is 0 Å². The zero-order chi connectivity index (χ0) is 14.0. The molecule has 0 saturated heterocycles. The Bertz CT molecular complexity index is 629. The van der Waals surface area contributed by atoms with E-state index in [9.17, 15) is 13.6 Å². The van der Waals surface area contributed by atoms with Gasteiger partial charge in [0.05, 0.1) is 11.3 Å². The predicted octanol–water partition coefficient (Wildman–Crippen LogP) is 3.41. The third-order valence-electron chi connectivity index (χ3n) is 2.47. The molecule has 0 aliphatic rings. The van der Waals surface area contributed by atoms with Gasteiger partial charge in [0, 0.05) is 9.26 Å². The molecule has 2 aromatic rings. The van der Waals surface area contributed by atoms with Crippen LogP contribution < -0.4 is 11.1 Å². The summed E-state index contributed by atoms with van der Waals surface area (Å²) >= 11 is 2.12. The molecule has 2 rings (SSSR count).